The average molecular weight is 262 g/mol. The zero-order chi connectivity index (χ0) is 13.7. The highest BCUT2D eigenvalue weighted by atomic mass is 15.2. The third-order valence-corrected chi connectivity index (χ3v) is 3.59. The molecule has 106 valence electrons. The van der Waals surface area contributed by atoms with Crippen molar-refractivity contribution >= 4 is 5.95 Å². The first-order valence-corrected chi connectivity index (χ1v) is 7.52. The minimum atomic E-state index is 0.860. The highest BCUT2D eigenvalue weighted by Crippen LogP contribution is 2.30. The van der Waals surface area contributed by atoms with Gasteiger partial charge in [-0.15, -0.1) is 0 Å². The van der Waals surface area contributed by atoms with Crippen LogP contribution in [0.1, 0.15) is 44.4 Å². The normalized spacial score (nSPS) is 14.7. The first-order valence-electron chi connectivity index (χ1n) is 7.52. The maximum atomic E-state index is 4.70. The van der Waals surface area contributed by atoms with Gasteiger partial charge in [-0.2, -0.15) is 0 Å². The summed E-state index contributed by atoms with van der Waals surface area (Å²) in [5, 5.41) is 3.33. The van der Waals surface area contributed by atoms with Gasteiger partial charge in [-0.25, -0.2) is 9.97 Å². The molecule has 1 aromatic heterocycles. The van der Waals surface area contributed by atoms with Crippen molar-refractivity contribution in [3.63, 3.8) is 0 Å². The number of hydrogen-bond donors (Lipinski definition) is 1. The predicted octanol–water partition coefficient (Wildman–Crippen LogP) is 2.52. The molecule has 2 rings (SSSR count). The summed E-state index contributed by atoms with van der Waals surface area (Å²) in [6.07, 6.45) is 5.87. The summed E-state index contributed by atoms with van der Waals surface area (Å²) in [5.74, 6) is 1.78. The van der Waals surface area contributed by atoms with Crippen molar-refractivity contribution in [2.75, 3.05) is 24.5 Å². The summed E-state index contributed by atoms with van der Waals surface area (Å²) in [7, 11) is 0. The Labute approximate surface area is 116 Å². The van der Waals surface area contributed by atoms with Crippen molar-refractivity contribution < 1.29 is 0 Å². The number of nitrogens with one attached hydrogen (secondary N) is 1. The SMILES string of the molecule is CCCN(CC1CC1)c1ncc(CNCC)c(C)n1. The molecule has 0 aromatic carbocycles. The van der Waals surface area contributed by atoms with Gasteiger partial charge in [0, 0.05) is 37.1 Å². The van der Waals surface area contributed by atoms with Crippen LogP contribution in [0.25, 0.3) is 0 Å². The van der Waals surface area contributed by atoms with Gasteiger partial charge in [-0.1, -0.05) is 13.8 Å². The molecule has 0 saturated heterocycles. The molecule has 0 unspecified atom stereocenters. The van der Waals surface area contributed by atoms with Gasteiger partial charge in [0.1, 0.15) is 0 Å². The van der Waals surface area contributed by atoms with E-state index < -0.39 is 0 Å². The fourth-order valence-corrected chi connectivity index (χ4v) is 2.22. The van der Waals surface area contributed by atoms with Gasteiger partial charge in [-0.05, 0) is 38.6 Å². The maximum absolute atomic E-state index is 4.70. The molecule has 1 heterocycles. The van der Waals surface area contributed by atoms with E-state index in [0.717, 1.165) is 50.2 Å². The van der Waals surface area contributed by atoms with E-state index in [1.54, 1.807) is 0 Å². The maximum Gasteiger partial charge on any atom is 0.225 e. The van der Waals surface area contributed by atoms with Crippen molar-refractivity contribution in [3.05, 3.63) is 17.5 Å². The fraction of sp³-hybridized carbons (Fsp3) is 0.733. The molecule has 1 N–H and O–H groups in total. The van der Waals surface area contributed by atoms with Gasteiger partial charge >= 0.3 is 0 Å². The summed E-state index contributed by atoms with van der Waals surface area (Å²) >= 11 is 0. The molecule has 1 aliphatic rings. The highest BCUT2D eigenvalue weighted by molar-refractivity contribution is 5.33. The lowest BCUT2D eigenvalue weighted by molar-refractivity contribution is 0.679. The van der Waals surface area contributed by atoms with Crippen LogP contribution < -0.4 is 10.2 Å². The molecule has 19 heavy (non-hydrogen) atoms. The van der Waals surface area contributed by atoms with Crippen molar-refractivity contribution in [3.8, 4) is 0 Å². The van der Waals surface area contributed by atoms with Gasteiger partial charge in [-0.3, -0.25) is 0 Å². The van der Waals surface area contributed by atoms with Crippen molar-refractivity contribution in [1.82, 2.24) is 15.3 Å². The smallest absolute Gasteiger partial charge is 0.225 e. The minimum Gasteiger partial charge on any atom is -0.341 e. The lowest BCUT2D eigenvalue weighted by atomic mass is 10.2. The van der Waals surface area contributed by atoms with Gasteiger partial charge in [0.25, 0.3) is 0 Å². The lowest BCUT2D eigenvalue weighted by Crippen LogP contribution is -2.29. The molecule has 0 amide bonds. The molecular formula is C15H26N4. The van der Waals surface area contributed by atoms with Crippen molar-refractivity contribution in [1.29, 1.82) is 0 Å². The van der Waals surface area contributed by atoms with E-state index in [9.17, 15) is 0 Å². The number of anilines is 1. The average Bonchev–Trinajstić information content (AvgIpc) is 3.21. The second kappa shape index (κ2) is 6.85. The number of aryl methyl sites for hydroxylation is 1. The lowest BCUT2D eigenvalue weighted by Gasteiger charge is -2.22. The Balaban J connectivity index is 2.06. The number of nitrogens with zero attached hydrogens (tertiary/aromatic N) is 3. The van der Waals surface area contributed by atoms with Crippen molar-refractivity contribution in [2.24, 2.45) is 5.92 Å². The summed E-state index contributed by atoms with van der Waals surface area (Å²) in [5.41, 5.74) is 2.30. The Morgan fingerprint density at radius 1 is 1.37 bits per heavy atom. The van der Waals surface area contributed by atoms with Crippen LogP contribution in [-0.2, 0) is 6.54 Å². The molecule has 1 saturated carbocycles. The second-order valence-electron chi connectivity index (χ2n) is 5.45. The zero-order valence-electron chi connectivity index (χ0n) is 12.4. The molecule has 1 aromatic rings. The predicted molar refractivity (Wildman–Crippen MR) is 79.4 cm³/mol. The van der Waals surface area contributed by atoms with E-state index in [1.165, 1.54) is 18.4 Å². The zero-order valence-corrected chi connectivity index (χ0v) is 12.4. The van der Waals surface area contributed by atoms with Gasteiger partial charge in [0.05, 0.1) is 0 Å². The van der Waals surface area contributed by atoms with Crippen LogP contribution in [0, 0.1) is 12.8 Å². The molecule has 0 spiro atoms. The first-order chi connectivity index (χ1) is 9.24. The number of rotatable bonds is 8. The van der Waals surface area contributed by atoms with Crippen molar-refractivity contribution in [2.45, 2.75) is 46.6 Å². The third-order valence-electron chi connectivity index (χ3n) is 3.59. The fourth-order valence-electron chi connectivity index (χ4n) is 2.22. The van der Waals surface area contributed by atoms with Crippen LogP contribution in [0.15, 0.2) is 6.20 Å². The minimum absolute atomic E-state index is 0.860. The Bertz CT molecular complexity index is 401. The van der Waals surface area contributed by atoms with E-state index in [-0.39, 0.29) is 0 Å². The topological polar surface area (TPSA) is 41.1 Å². The first kappa shape index (κ1) is 14.3. The summed E-state index contributed by atoms with van der Waals surface area (Å²) in [6.45, 7) is 10.4. The van der Waals surface area contributed by atoms with Crippen LogP contribution in [0.4, 0.5) is 5.95 Å². The number of aromatic nitrogens is 2. The Morgan fingerprint density at radius 2 is 2.16 bits per heavy atom. The van der Waals surface area contributed by atoms with Crippen LogP contribution in [0.5, 0.6) is 0 Å². The largest absolute Gasteiger partial charge is 0.341 e. The molecule has 0 aliphatic heterocycles. The molecular weight excluding hydrogens is 236 g/mol. The number of hydrogen-bond acceptors (Lipinski definition) is 4. The van der Waals surface area contributed by atoms with E-state index in [1.807, 2.05) is 6.20 Å². The van der Waals surface area contributed by atoms with E-state index in [2.05, 4.69) is 36.0 Å². The van der Waals surface area contributed by atoms with Crippen LogP contribution >= 0.6 is 0 Å². The quantitative estimate of drug-likeness (QED) is 0.781. The Morgan fingerprint density at radius 3 is 2.74 bits per heavy atom. The highest BCUT2D eigenvalue weighted by Gasteiger charge is 2.25. The standard InChI is InChI=1S/C15H26N4/c1-4-8-19(11-13-6-7-13)15-17-10-14(9-16-5-2)12(3)18-15/h10,13,16H,4-9,11H2,1-3H3. The molecule has 0 atom stereocenters. The van der Waals surface area contributed by atoms with Crippen LogP contribution in [0.3, 0.4) is 0 Å². The van der Waals surface area contributed by atoms with E-state index in [4.69, 9.17) is 4.98 Å². The van der Waals surface area contributed by atoms with E-state index >= 15 is 0 Å². The van der Waals surface area contributed by atoms with Gasteiger partial charge in [0.2, 0.25) is 5.95 Å². The molecule has 1 aliphatic carbocycles. The van der Waals surface area contributed by atoms with Gasteiger partial charge in [0.15, 0.2) is 0 Å². The van der Waals surface area contributed by atoms with Crippen LogP contribution in [-0.4, -0.2) is 29.6 Å². The molecule has 4 heteroatoms. The summed E-state index contributed by atoms with van der Waals surface area (Å²) in [4.78, 5) is 11.6. The Hall–Kier alpha value is -1.16. The molecule has 0 bridgehead atoms. The second-order valence-corrected chi connectivity index (χ2v) is 5.45. The van der Waals surface area contributed by atoms with Gasteiger partial charge < -0.3 is 10.2 Å². The molecule has 0 radical (unpaired) electrons. The molecule has 1 fully saturated rings. The van der Waals surface area contributed by atoms with Crippen LogP contribution in [0.2, 0.25) is 0 Å². The van der Waals surface area contributed by atoms with E-state index in [0.29, 0.717) is 0 Å². The monoisotopic (exact) mass is 262 g/mol. The summed E-state index contributed by atoms with van der Waals surface area (Å²) in [6, 6.07) is 0. The Kier molecular flexibility index (Phi) is 5.14. The third kappa shape index (κ3) is 4.16. The molecule has 4 nitrogen and oxygen atoms in total. The summed E-state index contributed by atoms with van der Waals surface area (Å²) < 4.78 is 0.